The zero-order valence-electron chi connectivity index (χ0n) is 11.0. The molecule has 20 heavy (non-hydrogen) atoms. The van der Waals surface area contributed by atoms with Gasteiger partial charge in [-0.3, -0.25) is 4.79 Å². The van der Waals surface area contributed by atoms with Crippen LogP contribution in [0.15, 0.2) is 36.5 Å². The first-order valence-corrected chi connectivity index (χ1v) is 5.87. The van der Waals surface area contributed by atoms with Crippen LogP contribution in [-0.4, -0.2) is 25.0 Å². The smallest absolute Gasteiger partial charge is 0.257 e. The van der Waals surface area contributed by atoms with Crippen molar-refractivity contribution in [2.45, 2.75) is 0 Å². The Kier molecular flexibility index (Phi) is 3.93. The average Bonchev–Trinajstić information content (AvgIpc) is 2.43. The summed E-state index contributed by atoms with van der Waals surface area (Å²) >= 11 is 0. The van der Waals surface area contributed by atoms with Gasteiger partial charge in [0.2, 0.25) is 0 Å². The van der Waals surface area contributed by atoms with Crippen LogP contribution in [0.2, 0.25) is 0 Å². The first-order chi connectivity index (χ1) is 9.47. The maximum Gasteiger partial charge on any atom is 0.257 e. The van der Waals surface area contributed by atoms with E-state index in [0.29, 0.717) is 5.82 Å². The zero-order chi connectivity index (χ0) is 14.7. The molecule has 1 N–H and O–H groups in total. The van der Waals surface area contributed by atoms with Crippen LogP contribution in [-0.2, 0) is 0 Å². The Balaban J connectivity index is 2.17. The van der Waals surface area contributed by atoms with Crippen molar-refractivity contribution >= 4 is 17.4 Å². The molecular formula is C14H13F2N3O. The Bertz CT molecular complexity index is 627. The summed E-state index contributed by atoms with van der Waals surface area (Å²) in [5.41, 5.74) is 0.0611. The number of nitrogens with one attached hydrogen (secondary N) is 1. The van der Waals surface area contributed by atoms with Crippen molar-refractivity contribution in [1.29, 1.82) is 0 Å². The molecule has 104 valence electrons. The fraction of sp³-hybridized carbons (Fsp3) is 0.143. The minimum atomic E-state index is -0.697. The number of hydrogen-bond donors (Lipinski definition) is 1. The van der Waals surface area contributed by atoms with Gasteiger partial charge in [-0.2, -0.15) is 0 Å². The molecule has 1 aromatic carbocycles. The van der Waals surface area contributed by atoms with E-state index in [1.165, 1.54) is 6.20 Å². The van der Waals surface area contributed by atoms with Crippen molar-refractivity contribution in [3.8, 4) is 0 Å². The molecule has 0 aliphatic rings. The lowest BCUT2D eigenvalue weighted by molar-refractivity contribution is 0.102. The second-order valence-corrected chi connectivity index (χ2v) is 4.38. The summed E-state index contributed by atoms with van der Waals surface area (Å²) in [6.07, 6.45) is 1.38. The van der Waals surface area contributed by atoms with Gasteiger partial charge < -0.3 is 10.2 Å². The third kappa shape index (κ3) is 3.09. The molecule has 0 saturated carbocycles. The molecule has 2 rings (SSSR count). The van der Waals surface area contributed by atoms with Gasteiger partial charge in [0.05, 0.1) is 11.3 Å². The minimum absolute atomic E-state index is 0.202. The van der Waals surface area contributed by atoms with Gasteiger partial charge in [0.25, 0.3) is 5.91 Å². The SMILES string of the molecule is CN(C)c1ccc(C(=O)Nc2cc(F)ccc2F)cn1. The summed E-state index contributed by atoms with van der Waals surface area (Å²) in [6, 6.07) is 6.09. The van der Waals surface area contributed by atoms with Gasteiger partial charge in [-0.15, -0.1) is 0 Å². The fourth-order valence-electron chi connectivity index (χ4n) is 1.57. The molecule has 1 aromatic heterocycles. The number of halogens is 2. The number of aromatic nitrogens is 1. The van der Waals surface area contributed by atoms with E-state index in [1.54, 1.807) is 17.0 Å². The number of pyridine rings is 1. The molecule has 0 spiro atoms. The predicted octanol–water partition coefficient (Wildman–Crippen LogP) is 2.68. The Morgan fingerprint density at radius 2 is 1.95 bits per heavy atom. The minimum Gasteiger partial charge on any atom is -0.363 e. The number of carbonyl (C=O) groups is 1. The summed E-state index contributed by atoms with van der Waals surface area (Å²) in [5.74, 6) is -1.17. The van der Waals surface area contributed by atoms with E-state index in [0.717, 1.165) is 18.2 Å². The number of hydrogen-bond acceptors (Lipinski definition) is 3. The van der Waals surface area contributed by atoms with Gasteiger partial charge in [0.15, 0.2) is 0 Å². The van der Waals surface area contributed by atoms with Gasteiger partial charge in [0, 0.05) is 26.4 Å². The number of amides is 1. The topological polar surface area (TPSA) is 45.2 Å². The number of carbonyl (C=O) groups excluding carboxylic acids is 1. The first-order valence-electron chi connectivity index (χ1n) is 5.87. The van der Waals surface area contributed by atoms with Crippen molar-refractivity contribution < 1.29 is 13.6 Å². The van der Waals surface area contributed by atoms with Crippen molar-refractivity contribution in [3.63, 3.8) is 0 Å². The number of nitrogens with zero attached hydrogens (tertiary/aromatic N) is 2. The summed E-state index contributed by atoms with van der Waals surface area (Å²) in [7, 11) is 3.65. The predicted molar refractivity (Wildman–Crippen MR) is 72.9 cm³/mol. The van der Waals surface area contributed by atoms with Crippen molar-refractivity contribution in [2.24, 2.45) is 0 Å². The molecule has 0 bridgehead atoms. The van der Waals surface area contributed by atoms with Crippen LogP contribution in [0.5, 0.6) is 0 Å². The van der Waals surface area contributed by atoms with Gasteiger partial charge in [-0.25, -0.2) is 13.8 Å². The molecule has 0 saturated heterocycles. The highest BCUT2D eigenvalue weighted by Crippen LogP contribution is 2.16. The highest BCUT2D eigenvalue weighted by atomic mass is 19.1. The molecule has 6 heteroatoms. The average molecular weight is 277 g/mol. The maximum absolute atomic E-state index is 13.4. The number of benzene rings is 1. The second-order valence-electron chi connectivity index (χ2n) is 4.38. The van der Waals surface area contributed by atoms with Gasteiger partial charge in [-0.05, 0) is 24.3 Å². The molecule has 0 fully saturated rings. The molecule has 0 radical (unpaired) electrons. The molecule has 1 heterocycles. The van der Waals surface area contributed by atoms with Crippen LogP contribution < -0.4 is 10.2 Å². The molecule has 1 amide bonds. The molecule has 0 unspecified atom stereocenters. The summed E-state index contributed by atoms with van der Waals surface area (Å²) < 4.78 is 26.4. The Hall–Kier alpha value is -2.50. The van der Waals surface area contributed by atoms with E-state index in [2.05, 4.69) is 10.3 Å². The normalized spacial score (nSPS) is 10.2. The van der Waals surface area contributed by atoms with Crippen LogP contribution >= 0.6 is 0 Å². The third-order valence-electron chi connectivity index (χ3n) is 2.64. The van der Waals surface area contributed by atoms with Crippen LogP contribution in [0, 0.1) is 11.6 Å². The summed E-state index contributed by atoms with van der Waals surface area (Å²) in [5, 5.41) is 2.31. The van der Waals surface area contributed by atoms with Crippen LogP contribution in [0.4, 0.5) is 20.3 Å². The lowest BCUT2D eigenvalue weighted by atomic mass is 10.2. The Morgan fingerprint density at radius 3 is 2.55 bits per heavy atom. The molecule has 0 atom stereocenters. The van der Waals surface area contributed by atoms with Crippen molar-refractivity contribution in [2.75, 3.05) is 24.3 Å². The van der Waals surface area contributed by atoms with E-state index >= 15 is 0 Å². The van der Waals surface area contributed by atoms with Gasteiger partial charge in [-0.1, -0.05) is 0 Å². The largest absolute Gasteiger partial charge is 0.363 e. The van der Waals surface area contributed by atoms with E-state index in [9.17, 15) is 13.6 Å². The number of anilines is 2. The van der Waals surface area contributed by atoms with Crippen LogP contribution in [0.25, 0.3) is 0 Å². The highest BCUT2D eigenvalue weighted by molar-refractivity contribution is 6.04. The summed E-state index contributed by atoms with van der Waals surface area (Å²) in [4.78, 5) is 17.8. The monoisotopic (exact) mass is 277 g/mol. The summed E-state index contributed by atoms with van der Waals surface area (Å²) in [6.45, 7) is 0. The fourth-order valence-corrected chi connectivity index (χ4v) is 1.57. The highest BCUT2D eigenvalue weighted by Gasteiger charge is 2.11. The van der Waals surface area contributed by atoms with Crippen molar-refractivity contribution in [3.05, 3.63) is 53.7 Å². The second kappa shape index (κ2) is 5.64. The zero-order valence-corrected chi connectivity index (χ0v) is 11.0. The molecule has 0 aliphatic carbocycles. The Labute approximate surface area is 115 Å². The first kappa shape index (κ1) is 13.9. The van der Waals surface area contributed by atoms with Gasteiger partial charge >= 0.3 is 0 Å². The molecule has 4 nitrogen and oxygen atoms in total. The van der Waals surface area contributed by atoms with E-state index < -0.39 is 17.5 Å². The Morgan fingerprint density at radius 1 is 1.20 bits per heavy atom. The molecule has 2 aromatic rings. The molecule has 0 aliphatic heterocycles. The lowest BCUT2D eigenvalue weighted by Gasteiger charge is -2.11. The number of rotatable bonds is 3. The third-order valence-corrected chi connectivity index (χ3v) is 2.64. The quantitative estimate of drug-likeness (QED) is 0.938. The lowest BCUT2D eigenvalue weighted by Crippen LogP contribution is -2.15. The van der Waals surface area contributed by atoms with Gasteiger partial charge in [0.1, 0.15) is 17.5 Å². The van der Waals surface area contributed by atoms with Crippen molar-refractivity contribution in [1.82, 2.24) is 4.98 Å². The van der Waals surface area contributed by atoms with Crippen LogP contribution in [0.1, 0.15) is 10.4 Å². The van der Waals surface area contributed by atoms with Crippen LogP contribution in [0.3, 0.4) is 0 Å². The van der Waals surface area contributed by atoms with E-state index in [1.807, 2.05) is 14.1 Å². The maximum atomic E-state index is 13.4. The standard InChI is InChI=1S/C14H13F2N3O/c1-19(2)13-6-3-9(8-17-13)14(20)18-12-7-10(15)4-5-11(12)16/h3-8H,1-2H3,(H,18,20). The van der Waals surface area contributed by atoms with E-state index in [4.69, 9.17) is 0 Å². The van der Waals surface area contributed by atoms with E-state index in [-0.39, 0.29) is 11.3 Å². The molecular weight excluding hydrogens is 264 g/mol.